The van der Waals surface area contributed by atoms with Gasteiger partial charge in [0.2, 0.25) is 0 Å². The van der Waals surface area contributed by atoms with Gasteiger partial charge in [-0.05, 0) is 37.5 Å². The van der Waals surface area contributed by atoms with Crippen molar-refractivity contribution in [3.05, 3.63) is 35.9 Å². The summed E-state index contributed by atoms with van der Waals surface area (Å²) >= 11 is 0. The third-order valence-corrected chi connectivity index (χ3v) is 8.98. The highest BCUT2D eigenvalue weighted by Gasteiger charge is 2.42. The summed E-state index contributed by atoms with van der Waals surface area (Å²) in [4.78, 5) is 0. The maximum Gasteiger partial charge on any atom is 0.192 e. The number of hydrogen-bond donors (Lipinski definition) is 1. The molecule has 19 heavy (non-hydrogen) atoms. The molecule has 3 heteroatoms. The molecule has 1 aromatic carbocycles. The van der Waals surface area contributed by atoms with Crippen LogP contribution in [0.3, 0.4) is 0 Å². The molecule has 0 amide bonds. The SMILES string of the molecule is C[C@@H](O[Si](C)(C)C(C)(C)C)[C@@](C)(O)c1ccccc1. The van der Waals surface area contributed by atoms with Gasteiger partial charge in [0, 0.05) is 0 Å². The van der Waals surface area contributed by atoms with Gasteiger partial charge in [0.15, 0.2) is 8.32 Å². The number of rotatable bonds is 4. The highest BCUT2D eigenvalue weighted by atomic mass is 28.4. The van der Waals surface area contributed by atoms with Gasteiger partial charge in [-0.3, -0.25) is 0 Å². The van der Waals surface area contributed by atoms with Crippen LogP contribution in [0.1, 0.15) is 40.2 Å². The Hall–Kier alpha value is -0.643. The summed E-state index contributed by atoms with van der Waals surface area (Å²) in [6.07, 6.45) is -0.226. The van der Waals surface area contributed by atoms with Crippen molar-refractivity contribution in [2.24, 2.45) is 0 Å². The summed E-state index contributed by atoms with van der Waals surface area (Å²) in [5.74, 6) is 0. The molecule has 0 fully saturated rings. The van der Waals surface area contributed by atoms with E-state index in [1.165, 1.54) is 0 Å². The lowest BCUT2D eigenvalue weighted by Gasteiger charge is -2.42. The van der Waals surface area contributed by atoms with Gasteiger partial charge in [-0.15, -0.1) is 0 Å². The molecule has 0 aromatic heterocycles. The standard InChI is InChI=1S/C16H28O2Si/c1-13(18-19(6,7)15(2,3)4)16(5,17)14-11-9-8-10-12-14/h8-13,17H,1-7H3/t13-,16-/m1/s1. The van der Waals surface area contributed by atoms with E-state index in [9.17, 15) is 5.11 Å². The molecule has 0 saturated heterocycles. The molecule has 0 heterocycles. The minimum Gasteiger partial charge on any atom is -0.411 e. The lowest BCUT2D eigenvalue weighted by Crippen LogP contribution is -2.48. The monoisotopic (exact) mass is 280 g/mol. The Morgan fingerprint density at radius 1 is 1.05 bits per heavy atom. The van der Waals surface area contributed by atoms with Gasteiger partial charge in [-0.1, -0.05) is 51.1 Å². The third-order valence-electron chi connectivity index (χ3n) is 4.43. The van der Waals surface area contributed by atoms with Crippen molar-refractivity contribution >= 4 is 8.32 Å². The molecule has 0 bridgehead atoms. The number of benzene rings is 1. The van der Waals surface area contributed by atoms with Crippen LogP contribution >= 0.6 is 0 Å². The lowest BCUT2D eigenvalue weighted by atomic mass is 9.91. The normalized spacial score (nSPS) is 17.9. The molecule has 2 atom stereocenters. The molecule has 0 saturated carbocycles. The minimum atomic E-state index is -1.87. The first-order valence-corrected chi connectivity index (χ1v) is 9.85. The third kappa shape index (κ3) is 3.68. The fraction of sp³-hybridized carbons (Fsp3) is 0.625. The minimum absolute atomic E-state index is 0.147. The Balaban J connectivity index is 2.92. The average Bonchev–Trinajstić information content (AvgIpc) is 2.28. The van der Waals surface area contributed by atoms with E-state index in [2.05, 4.69) is 33.9 Å². The van der Waals surface area contributed by atoms with E-state index >= 15 is 0 Å². The Morgan fingerprint density at radius 3 is 1.95 bits per heavy atom. The van der Waals surface area contributed by atoms with Crippen LogP contribution < -0.4 is 0 Å². The van der Waals surface area contributed by atoms with Crippen LogP contribution in [-0.2, 0) is 10.0 Å². The summed E-state index contributed by atoms with van der Waals surface area (Å²) in [7, 11) is -1.87. The zero-order valence-electron chi connectivity index (χ0n) is 13.3. The summed E-state index contributed by atoms with van der Waals surface area (Å²) in [6, 6.07) is 9.75. The largest absolute Gasteiger partial charge is 0.411 e. The smallest absolute Gasteiger partial charge is 0.192 e. The Kier molecular flexibility index (Phi) is 4.65. The second-order valence-corrected chi connectivity index (χ2v) is 11.8. The zero-order valence-corrected chi connectivity index (χ0v) is 14.3. The molecule has 1 aromatic rings. The second-order valence-electron chi connectivity index (χ2n) is 7.03. The predicted octanol–water partition coefficient (Wildman–Crippen LogP) is 4.30. The van der Waals surface area contributed by atoms with Crippen LogP contribution in [0.2, 0.25) is 18.1 Å². The van der Waals surface area contributed by atoms with Crippen molar-refractivity contribution in [3.8, 4) is 0 Å². The fourth-order valence-electron chi connectivity index (χ4n) is 1.74. The molecule has 0 aliphatic heterocycles. The molecule has 0 aliphatic carbocycles. The van der Waals surface area contributed by atoms with Crippen molar-refractivity contribution in [3.63, 3.8) is 0 Å². The molecular weight excluding hydrogens is 252 g/mol. The van der Waals surface area contributed by atoms with Crippen LogP contribution in [0, 0.1) is 0 Å². The van der Waals surface area contributed by atoms with E-state index in [1.54, 1.807) is 0 Å². The molecular formula is C16H28O2Si. The molecule has 108 valence electrons. The quantitative estimate of drug-likeness (QED) is 0.833. The van der Waals surface area contributed by atoms with Crippen LogP contribution in [0.15, 0.2) is 30.3 Å². The summed E-state index contributed by atoms with van der Waals surface area (Å²) in [5.41, 5.74) is -0.0576. The van der Waals surface area contributed by atoms with Gasteiger partial charge in [-0.2, -0.15) is 0 Å². The van der Waals surface area contributed by atoms with Gasteiger partial charge in [0.25, 0.3) is 0 Å². The highest BCUT2D eigenvalue weighted by Crippen LogP contribution is 2.39. The highest BCUT2D eigenvalue weighted by molar-refractivity contribution is 6.74. The first kappa shape index (κ1) is 16.4. The fourth-order valence-corrected chi connectivity index (χ4v) is 3.21. The maximum absolute atomic E-state index is 10.8. The molecule has 0 spiro atoms. The van der Waals surface area contributed by atoms with E-state index in [0.717, 1.165) is 5.56 Å². The first-order valence-electron chi connectivity index (χ1n) is 6.94. The maximum atomic E-state index is 10.8. The van der Waals surface area contributed by atoms with Gasteiger partial charge >= 0.3 is 0 Å². The summed E-state index contributed by atoms with van der Waals surface area (Å²) in [5, 5.41) is 10.9. The van der Waals surface area contributed by atoms with Crippen LogP contribution in [0.25, 0.3) is 0 Å². The molecule has 2 nitrogen and oxygen atoms in total. The first-order chi connectivity index (χ1) is 8.48. The zero-order chi connectivity index (χ0) is 14.9. The summed E-state index contributed by atoms with van der Waals surface area (Å²) in [6.45, 7) is 14.9. The van der Waals surface area contributed by atoms with Gasteiger partial charge < -0.3 is 9.53 Å². The molecule has 1 N–H and O–H groups in total. The van der Waals surface area contributed by atoms with Crippen LogP contribution in [0.4, 0.5) is 0 Å². The topological polar surface area (TPSA) is 29.5 Å². The van der Waals surface area contributed by atoms with Crippen molar-refractivity contribution in [2.45, 2.75) is 64.5 Å². The number of aliphatic hydroxyl groups is 1. The summed E-state index contributed by atoms with van der Waals surface area (Å²) < 4.78 is 6.31. The van der Waals surface area contributed by atoms with E-state index in [-0.39, 0.29) is 11.1 Å². The van der Waals surface area contributed by atoms with Gasteiger partial charge in [-0.25, -0.2) is 0 Å². The van der Waals surface area contributed by atoms with Crippen molar-refractivity contribution in [1.82, 2.24) is 0 Å². The van der Waals surface area contributed by atoms with E-state index in [4.69, 9.17) is 4.43 Å². The van der Waals surface area contributed by atoms with E-state index < -0.39 is 13.9 Å². The van der Waals surface area contributed by atoms with Gasteiger partial charge in [0.05, 0.1) is 6.10 Å². The molecule has 0 unspecified atom stereocenters. The van der Waals surface area contributed by atoms with Crippen molar-refractivity contribution in [2.75, 3.05) is 0 Å². The number of hydrogen-bond acceptors (Lipinski definition) is 2. The Bertz CT molecular complexity index is 405. The molecule has 0 radical (unpaired) electrons. The Morgan fingerprint density at radius 2 is 1.53 bits per heavy atom. The van der Waals surface area contributed by atoms with E-state index in [1.807, 2.05) is 44.2 Å². The van der Waals surface area contributed by atoms with Crippen molar-refractivity contribution < 1.29 is 9.53 Å². The van der Waals surface area contributed by atoms with Crippen LogP contribution in [-0.4, -0.2) is 19.5 Å². The van der Waals surface area contributed by atoms with Crippen molar-refractivity contribution in [1.29, 1.82) is 0 Å². The molecule has 0 aliphatic rings. The second kappa shape index (κ2) is 5.39. The van der Waals surface area contributed by atoms with Gasteiger partial charge in [0.1, 0.15) is 5.60 Å². The predicted molar refractivity (Wildman–Crippen MR) is 83.8 cm³/mol. The van der Waals surface area contributed by atoms with E-state index in [0.29, 0.717) is 0 Å². The Labute approximate surface area is 118 Å². The average molecular weight is 280 g/mol. The lowest BCUT2D eigenvalue weighted by molar-refractivity contribution is -0.0500. The molecule has 1 rings (SSSR count). The van der Waals surface area contributed by atoms with Crippen LogP contribution in [0.5, 0.6) is 0 Å².